The third-order valence-electron chi connectivity index (χ3n) is 3.46. The molecule has 0 unspecified atom stereocenters. The van der Waals surface area contributed by atoms with Gasteiger partial charge in [-0.2, -0.15) is 0 Å². The van der Waals surface area contributed by atoms with E-state index < -0.39 is 0 Å². The quantitative estimate of drug-likeness (QED) is 0.471. The van der Waals surface area contributed by atoms with Gasteiger partial charge in [0.1, 0.15) is 0 Å². The van der Waals surface area contributed by atoms with Gasteiger partial charge in [0.25, 0.3) is 5.88 Å². The van der Waals surface area contributed by atoms with Crippen molar-refractivity contribution in [1.82, 2.24) is 4.98 Å². The molecule has 0 fully saturated rings. The molecule has 0 aliphatic carbocycles. The lowest BCUT2D eigenvalue weighted by Gasteiger charge is -2.19. The van der Waals surface area contributed by atoms with Gasteiger partial charge < -0.3 is 14.2 Å². The Bertz CT molecular complexity index is 413. The molecule has 0 aliphatic rings. The number of hydrogen-bond acceptors (Lipinski definition) is 4. The predicted octanol–water partition coefficient (Wildman–Crippen LogP) is 3.72. The van der Waals surface area contributed by atoms with E-state index in [0.717, 1.165) is 18.2 Å². The summed E-state index contributed by atoms with van der Waals surface area (Å²) in [6.07, 6.45) is 3.70. The first kappa shape index (κ1) is 18.2. The summed E-state index contributed by atoms with van der Waals surface area (Å²) in [6, 6.07) is 2.04. The van der Waals surface area contributed by atoms with Crippen molar-refractivity contribution in [2.45, 2.75) is 26.7 Å². The topological polar surface area (TPSA) is 40.6 Å². The Kier molecular flexibility index (Phi) is 8.69. The van der Waals surface area contributed by atoms with Crippen molar-refractivity contribution in [3.8, 4) is 11.6 Å². The minimum absolute atomic E-state index is 0.538. The van der Waals surface area contributed by atoms with Crippen LogP contribution in [-0.4, -0.2) is 37.7 Å². The Morgan fingerprint density at radius 3 is 2.57 bits per heavy atom. The molecule has 1 aromatic heterocycles. The monoisotopic (exact) mass is 359 g/mol. The Morgan fingerprint density at radius 1 is 1.24 bits per heavy atom. The highest BCUT2D eigenvalue weighted by atomic mass is 79.9. The molecule has 1 aromatic rings. The Labute approximate surface area is 136 Å². The van der Waals surface area contributed by atoms with Crippen molar-refractivity contribution in [2.24, 2.45) is 11.8 Å². The van der Waals surface area contributed by atoms with E-state index in [0.29, 0.717) is 36.7 Å². The van der Waals surface area contributed by atoms with E-state index in [-0.39, 0.29) is 0 Å². The number of nitrogens with zero attached hydrogens (tertiary/aromatic N) is 1. The second kappa shape index (κ2) is 10.0. The minimum Gasteiger partial charge on any atom is -0.488 e. The van der Waals surface area contributed by atoms with Gasteiger partial charge in [-0.15, -0.1) is 0 Å². The summed E-state index contributed by atoms with van der Waals surface area (Å²) in [5.74, 6) is 2.46. The molecule has 0 bridgehead atoms. The summed E-state index contributed by atoms with van der Waals surface area (Å²) in [6.45, 7) is 5.77. The molecular weight excluding hydrogens is 334 g/mol. The van der Waals surface area contributed by atoms with Gasteiger partial charge in [-0.05, 0) is 29.9 Å². The first-order valence-electron chi connectivity index (χ1n) is 7.33. The number of ether oxygens (including phenoxy) is 3. The molecule has 21 heavy (non-hydrogen) atoms. The molecule has 4 nitrogen and oxygen atoms in total. The van der Waals surface area contributed by atoms with E-state index >= 15 is 0 Å². The average molecular weight is 360 g/mol. The maximum atomic E-state index is 5.77. The summed E-state index contributed by atoms with van der Waals surface area (Å²) in [5, 5.41) is 0.987. The maximum absolute atomic E-state index is 5.77. The van der Waals surface area contributed by atoms with Crippen molar-refractivity contribution < 1.29 is 14.2 Å². The van der Waals surface area contributed by atoms with E-state index in [1.165, 1.54) is 5.56 Å². The largest absolute Gasteiger partial charge is 0.488 e. The molecule has 0 saturated carbocycles. The van der Waals surface area contributed by atoms with Crippen molar-refractivity contribution in [3.05, 3.63) is 17.8 Å². The number of hydrogen-bond donors (Lipinski definition) is 0. The Hall–Kier alpha value is -0.810. The summed E-state index contributed by atoms with van der Waals surface area (Å²) >= 11 is 3.59. The van der Waals surface area contributed by atoms with Gasteiger partial charge in [-0.1, -0.05) is 29.8 Å². The third-order valence-corrected chi connectivity index (χ3v) is 4.29. The van der Waals surface area contributed by atoms with Crippen LogP contribution in [0.2, 0.25) is 0 Å². The molecule has 1 rings (SSSR count). The second-order valence-corrected chi connectivity index (χ2v) is 6.06. The maximum Gasteiger partial charge on any atom is 0.256 e. The van der Waals surface area contributed by atoms with E-state index in [2.05, 4.69) is 34.8 Å². The van der Waals surface area contributed by atoms with Gasteiger partial charge in [0.2, 0.25) is 0 Å². The van der Waals surface area contributed by atoms with Crippen LogP contribution < -0.4 is 9.47 Å². The van der Waals surface area contributed by atoms with Crippen LogP contribution in [0.15, 0.2) is 12.3 Å². The first-order chi connectivity index (χ1) is 10.1. The summed E-state index contributed by atoms with van der Waals surface area (Å²) in [5.41, 5.74) is 1.18. The van der Waals surface area contributed by atoms with Gasteiger partial charge >= 0.3 is 0 Å². The predicted molar refractivity (Wildman–Crippen MR) is 88.6 cm³/mol. The normalized spacial score (nSPS) is 12.5. The van der Waals surface area contributed by atoms with Gasteiger partial charge in [-0.3, -0.25) is 0 Å². The molecule has 0 spiro atoms. The van der Waals surface area contributed by atoms with Crippen LogP contribution in [-0.2, 0) is 11.2 Å². The van der Waals surface area contributed by atoms with Crippen LogP contribution in [0.3, 0.4) is 0 Å². The van der Waals surface area contributed by atoms with Crippen molar-refractivity contribution in [1.29, 1.82) is 0 Å². The second-order valence-electron chi connectivity index (χ2n) is 5.41. The number of alkyl halides is 1. The SMILES string of the molecule is COCCCOc1cc(C[C@@H](CBr)C(C)C)cnc1OC. The zero-order chi connectivity index (χ0) is 15.7. The van der Waals surface area contributed by atoms with Crippen molar-refractivity contribution in [2.75, 3.05) is 32.8 Å². The zero-order valence-electron chi connectivity index (χ0n) is 13.4. The van der Waals surface area contributed by atoms with Crippen molar-refractivity contribution in [3.63, 3.8) is 0 Å². The lowest BCUT2D eigenvalue weighted by molar-refractivity contribution is 0.170. The average Bonchev–Trinajstić information content (AvgIpc) is 2.49. The number of rotatable bonds is 10. The van der Waals surface area contributed by atoms with Crippen LogP contribution in [0.5, 0.6) is 11.6 Å². The molecule has 0 amide bonds. The number of halogens is 1. The van der Waals surface area contributed by atoms with Crippen LogP contribution >= 0.6 is 15.9 Å². The fourth-order valence-electron chi connectivity index (χ4n) is 2.00. The van der Waals surface area contributed by atoms with E-state index in [9.17, 15) is 0 Å². The number of methoxy groups -OCH3 is 2. The smallest absolute Gasteiger partial charge is 0.256 e. The third kappa shape index (κ3) is 6.22. The van der Waals surface area contributed by atoms with Gasteiger partial charge in [0.15, 0.2) is 5.75 Å². The summed E-state index contributed by atoms with van der Waals surface area (Å²) < 4.78 is 16.0. The molecule has 1 heterocycles. The van der Waals surface area contributed by atoms with Crippen LogP contribution in [0.25, 0.3) is 0 Å². The number of aromatic nitrogens is 1. The zero-order valence-corrected chi connectivity index (χ0v) is 15.0. The van der Waals surface area contributed by atoms with E-state index in [4.69, 9.17) is 14.2 Å². The summed E-state index contributed by atoms with van der Waals surface area (Å²) in [7, 11) is 3.30. The number of pyridine rings is 1. The molecule has 120 valence electrons. The molecule has 0 aromatic carbocycles. The highest BCUT2D eigenvalue weighted by Gasteiger charge is 2.15. The van der Waals surface area contributed by atoms with E-state index in [1.807, 2.05) is 12.3 Å². The fraction of sp³-hybridized carbons (Fsp3) is 0.688. The lowest BCUT2D eigenvalue weighted by Crippen LogP contribution is -2.14. The molecular formula is C16H26BrNO3. The summed E-state index contributed by atoms with van der Waals surface area (Å²) in [4.78, 5) is 4.35. The molecule has 0 radical (unpaired) electrons. The standard InChI is InChI=1S/C16H26BrNO3/c1-12(2)14(10-17)8-13-9-15(16(20-4)18-11-13)21-7-5-6-19-3/h9,11-12,14H,5-8,10H2,1-4H3/t14-/m0/s1. The Balaban J connectivity index is 2.74. The van der Waals surface area contributed by atoms with Gasteiger partial charge in [0, 0.05) is 31.7 Å². The fourth-order valence-corrected chi connectivity index (χ4v) is 2.97. The van der Waals surface area contributed by atoms with Gasteiger partial charge in [0.05, 0.1) is 13.7 Å². The van der Waals surface area contributed by atoms with Crippen LogP contribution in [0.4, 0.5) is 0 Å². The Morgan fingerprint density at radius 2 is 2.00 bits per heavy atom. The van der Waals surface area contributed by atoms with Crippen LogP contribution in [0.1, 0.15) is 25.8 Å². The van der Waals surface area contributed by atoms with Crippen molar-refractivity contribution >= 4 is 15.9 Å². The molecule has 0 aliphatic heterocycles. The molecule has 5 heteroatoms. The highest BCUT2D eigenvalue weighted by Crippen LogP contribution is 2.28. The molecule has 0 saturated heterocycles. The molecule has 1 atom stereocenters. The van der Waals surface area contributed by atoms with E-state index in [1.54, 1.807) is 14.2 Å². The van der Waals surface area contributed by atoms with Gasteiger partial charge in [-0.25, -0.2) is 4.98 Å². The van der Waals surface area contributed by atoms with Crippen LogP contribution in [0, 0.1) is 11.8 Å². The first-order valence-corrected chi connectivity index (χ1v) is 8.45. The minimum atomic E-state index is 0.538. The highest BCUT2D eigenvalue weighted by molar-refractivity contribution is 9.09. The molecule has 0 N–H and O–H groups in total. The lowest BCUT2D eigenvalue weighted by atomic mass is 9.91.